The Kier molecular flexibility index (Phi) is 5.33. The van der Waals surface area contributed by atoms with Gasteiger partial charge in [-0.3, -0.25) is 4.79 Å². The molecule has 152 valence electrons. The van der Waals surface area contributed by atoms with Gasteiger partial charge in [-0.2, -0.15) is 26.3 Å². The van der Waals surface area contributed by atoms with Crippen molar-refractivity contribution in [2.24, 2.45) is 0 Å². The van der Waals surface area contributed by atoms with E-state index in [1.54, 1.807) is 0 Å². The number of hydrogen-bond donors (Lipinski definition) is 2. The fraction of sp³-hybridized carbons (Fsp3) is 0.353. The van der Waals surface area contributed by atoms with E-state index in [2.05, 4.69) is 9.97 Å². The highest BCUT2D eigenvalue weighted by atomic mass is 19.4. The second kappa shape index (κ2) is 6.95. The number of hydrogen-bond acceptors (Lipinski definition) is 4. The number of halogens is 6. The zero-order valence-corrected chi connectivity index (χ0v) is 14.6. The van der Waals surface area contributed by atoms with Gasteiger partial charge in [-0.25, -0.2) is 9.97 Å². The number of anilines is 1. The summed E-state index contributed by atoms with van der Waals surface area (Å²) in [6, 6.07) is 3.57. The summed E-state index contributed by atoms with van der Waals surface area (Å²) < 4.78 is 78.8. The van der Waals surface area contributed by atoms with Crippen LogP contribution < -0.4 is 5.73 Å². The summed E-state index contributed by atoms with van der Waals surface area (Å²) in [5.74, 6) is -2.79. The second-order valence-electron chi connectivity index (χ2n) is 6.09. The van der Waals surface area contributed by atoms with Crippen LogP contribution in [0.1, 0.15) is 41.7 Å². The van der Waals surface area contributed by atoms with Gasteiger partial charge in [0.1, 0.15) is 11.4 Å². The van der Waals surface area contributed by atoms with Crippen LogP contribution in [0.4, 0.5) is 32.0 Å². The number of nitrogen functional groups attached to an aromatic ring is 1. The van der Waals surface area contributed by atoms with E-state index in [0.717, 1.165) is 0 Å². The van der Waals surface area contributed by atoms with Crippen molar-refractivity contribution < 1.29 is 36.2 Å². The molecule has 0 aliphatic rings. The van der Waals surface area contributed by atoms with Crippen molar-refractivity contribution in [3.05, 3.63) is 52.6 Å². The van der Waals surface area contributed by atoms with Gasteiger partial charge in [0.2, 0.25) is 0 Å². The van der Waals surface area contributed by atoms with Crippen LogP contribution in [-0.2, 0) is 22.6 Å². The van der Waals surface area contributed by atoms with E-state index >= 15 is 0 Å². The Balaban J connectivity index is 2.91. The Morgan fingerprint density at radius 1 is 1.04 bits per heavy atom. The third-order valence-electron chi connectivity index (χ3n) is 4.35. The molecule has 0 fully saturated rings. The number of nitrogens with zero attached hydrogens (tertiary/aromatic N) is 2. The molecule has 0 amide bonds. The van der Waals surface area contributed by atoms with E-state index in [4.69, 9.17) is 5.73 Å². The van der Waals surface area contributed by atoms with Crippen molar-refractivity contribution in [1.29, 1.82) is 0 Å². The minimum atomic E-state index is -5.23. The average Bonchev–Trinajstić information content (AvgIpc) is 2.57. The first-order chi connectivity index (χ1) is 12.7. The molecule has 1 unspecified atom stereocenters. The van der Waals surface area contributed by atoms with Crippen molar-refractivity contribution in [2.75, 3.05) is 5.73 Å². The molecule has 1 aromatic heterocycles. The number of aliphatic carboxylic acids is 1. The van der Waals surface area contributed by atoms with Gasteiger partial charge in [0.05, 0.1) is 0 Å². The van der Waals surface area contributed by atoms with E-state index in [1.807, 2.05) is 0 Å². The highest BCUT2D eigenvalue weighted by Gasteiger charge is 2.47. The molecule has 0 aliphatic heterocycles. The van der Waals surface area contributed by atoms with Crippen molar-refractivity contribution in [1.82, 2.24) is 9.97 Å². The van der Waals surface area contributed by atoms with Gasteiger partial charge in [0.25, 0.3) is 0 Å². The first-order valence-corrected chi connectivity index (χ1v) is 7.87. The zero-order valence-electron chi connectivity index (χ0n) is 14.6. The van der Waals surface area contributed by atoms with E-state index in [0.29, 0.717) is 5.56 Å². The fourth-order valence-electron chi connectivity index (χ4n) is 2.73. The molecule has 0 saturated heterocycles. The van der Waals surface area contributed by atoms with Gasteiger partial charge in [-0.15, -0.1) is 0 Å². The molecule has 0 radical (unpaired) electrons. The predicted octanol–water partition coefficient (Wildman–Crippen LogP) is 4.19. The molecular formula is C17H15F6N3O2. The standard InChI is InChI=1S/C17H15F6N3O2/c1-3-15(14(27)28,9-4-5-10(24)8(2)6-9)13-25-11(16(18,19)20)7-12(26-13)17(21,22)23/h4-7H,3,24H2,1-2H3,(H,27,28). The lowest BCUT2D eigenvalue weighted by Crippen LogP contribution is -2.39. The highest BCUT2D eigenvalue weighted by molar-refractivity contribution is 5.85. The van der Waals surface area contributed by atoms with Crippen molar-refractivity contribution in [3.63, 3.8) is 0 Å². The Labute approximate surface area is 155 Å². The maximum absolute atomic E-state index is 13.1. The summed E-state index contributed by atoms with van der Waals surface area (Å²) in [4.78, 5) is 18.4. The van der Waals surface area contributed by atoms with Crippen LogP contribution in [-0.4, -0.2) is 21.0 Å². The fourth-order valence-corrected chi connectivity index (χ4v) is 2.73. The second-order valence-corrected chi connectivity index (χ2v) is 6.09. The average molecular weight is 407 g/mol. The quantitative estimate of drug-likeness (QED) is 0.586. The minimum Gasteiger partial charge on any atom is -0.480 e. The van der Waals surface area contributed by atoms with Gasteiger partial charge in [-0.1, -0.05) is 19.1 Å². The molecule has 1 heterocycles. The summed E-state index contributed by atoms with van der Waals surface area (Å²) in [5, 5.41) is 9.80. The van der Waals surface area contributed by atoms with Crippen LogP contribution in [0, 0.1) is 6.92 Å². The summed E-state index contributed by atoms with van der Waals surface area (Å²) in [6.07, 6.45) is -10.9. The molecule has 2 aromatic rings. The van der Waals surface area contributed by atoms with Gasteiger partial charge in [-0.05, 0) is 36.6 Å². The number of nitrogens with two attached hydrogens (primary N) is 1. The van der Waals surface area contributed by atoms with Crippen LogP contribution in [0.25, 0.3) is 0 Å². The molecule has 1 aromatic carbocycles. The summed E-state index contributed by atoms with van der Waals surface area (Å²) in [6.45, 7) is 2.83. The van der Waals surface area contributed by atoms with Gasteiger partial charge < -0.3 is 10.8 Å². The molecule has 0 bridgehead atoms. The third-order valence-corrected chi connectivity index (χ3v) is 4.35. The summed E-state index contributed by atoms with van der Waals surface area (Å²) >= 11 is 0. The lowest BCUT2D eigenvalue weighted by atomic mass is 9.76. The van der Waals surface area contributed by atoms with Crippen LogP contribution in [0.15, 0.2) is 24.3 Å². The lowest BCUT2D eigenvalue weighted by molar-refractivity contribution is -0.150. The first kappa shape index (κ1) is 21.5. The number of carboxylic acid groups (broad SMARTS) is 1. The van der Waals surface area contributed by atoms with Crippen LogP contribution in [0.2, 0.25) is 0 Å². The summed E-state index contributed by atoms with van der Waals surface area (Å²) in [5.41, 5.74) is 0.182. The van der Waals surface area contributed by atoms with Gasteiger partial charge in [0, 0.05) is 5.69 Å². The number of carboxylic acids is 1. The topological polar surface area (TPSA) is 89.1 Å². The largest absolute Gasteiger partial charge is 0.480 e. The van der Waals surface area contributed by atoms with Crippen molar-refractivity contribution in [3.8, 4) is 0 Å². The molecule has 1 atom stereocenters. The maximum Gasteiger partial charge on any atom is 0.433 e. The smallest absolute Gasteiger partial charge is 0.433 e. The number of carbonyl (C=O) groups is 1. The Hall–Kier alpha value is -2.85. The monoisotopic (exact) mass is 407 g/mol. The first-order valence-electron chi connectivity index (χ1n) is 7.87. The van der Waals surface area contributed by atoms with E-state index < -0.39 is 47.4 Å². The molecule has 28 heavy (non-hydrogen) atoms. The normalized spacial score (nSPS) is 14.6. The van der Waals surface area contributed by atoms with E-state index in [-0.39, 0.29) is 17.3 Å². The minimum absolute atomic E-state index is 0.0818. The molecule has 11 heteroatoms. The highest BCUT2D eigenvalue weighted by Crippen LogP contribution is 2.39. The predicted molar refractivity (Wildman–Crippen MR) is 86.3 cm³/mol. The molecule has 0 saturated carbocycles. The molecular weight excluding hydrogens is 392 g/mol. The third kappa shape index (κ3) is 3.73. The van der Waals surface area contributed by atoms with Crippen molar-refractivity contribution in [2.45, 2.75) is 38.0 Å². The Morgan fingerprint density at radius 3 is 1.89 bits per heavy atom. The van der Waals surface area contributed by atoms with Crippen LogP contribution in [0.3, 0.4) is 0 Å². The molecule has 0 spiro atoms. The number of aryl methyl sites for hydroxylation is 1. The molecule has 0 aliphatic carbocycles. The van der Waals surface area contributed by atoms with Crippen LogP contribution in [0.5, 0.6) is 0 Å². The molecule has 3 N–H and O–H groups in total. The number of alkyl halides is 6. The Bertz CT molecular complexity index is 878. The van der Waals surface area contributed by atoms with Crippen molar-refractivity contribution >= 4 is 11.7 Å². The SMILES string of the molecule is CCC(C(=O)O)(c1ccc(N)c(C)c1)c1nc(C(F)(F)F)cc(C(F)(F)F)n1. The van der Waals surface area contributed by atoms with E-state index in [1.165, 1.54) is 32.0 Å². The van der Waals surface area contributed by atoms with Gasteiger partial charge in [0.15, 0.2) is 11.2 Å². The number of rotatable bonds is 4. The number of benzene rings is 1. The van der Waals surface area contributed by atoms with Gasteiger partial charge >= 0.3 is 18.3 Å². The maximum atomic E-state index is 13.1. The molecule has 5 nitrogen and oxygen atoms in total. The number of aromatic nitrogens is 2. The summed E-state index contributed by atoms with van der Waals surface area (Å²) in [7, 11) is 0. The van der Waals surface area contributed by atoms with Crippen LogP contribution >= 0.6 is 0 Å². The lowest BCUT2D eigenvalue weighted by Gasteiger charge is -2.29. The zero-order chi connectivity index (χ0) is 21.5. The Morgan fingerprint density at radius 2 is 1.54 bits per heavy atom. The van der Waals surface area contributed by atoms with E-state index in [9.17, 15) is 36.2 Å². The molecule has 2 rings (SSSR count).